The monoisotopic (exact) mass is 338 g/mol. The van der Waals surface area contributed by atoms with Crippen LogP contribution in [0, 0.1) is 12.8 Å². The SMILES string of the molecule is Cc1ccc(-c2nc(CC(C)C)c(CN)s2)c(Br)c1. The van der Waals surface area contributed by atoms with Crippen molar-refractivity contribution in [3.63, 3.8) is 0 Å². The molecule has 2 rings (SSSR count). The van der Waals surface area contributed by atoms with E-state index < -0.39 is 0 Å². The van der Waals surface area contributed by atoms with Gasteiger partial charge in [-0.2, -0.15) is 0 Å². The summed E-state index contributed by atoms with van der Waals surface area (Å²) in [5.41, 5.74) is 9.39. The number of hydrogen-bond acceptors (Lipinski definition) is 3. The summed E-state index contributed by atoms with van der Waals surface area (Å²) in [6, 6.07) is 6.37. The van der Waals surface area contributed by atoms with Crippen LogP contribution in [0.4, 0.5) is 0 Å². The quantitative estimate of drug-likeness (QED) is 0.888. The zero-order chi connectivity index (χ0) is 14.0. The van der Waals surface area contributed by atoms with Gasteiger partial charge in [0.25, 0.3) is 0 Å². The van der Waals surface area contributed by atoms with Crippen molar-refractivity contribution in [1.82, 2.24) is 4.98 Å². The predicted molar refractivity (Wildman–Crippen MR) is 86.4 cm³/mol. The molecule has 2 nitrogen and oxygen atoms in total. The van der Waals surface area contributed by atoms with Crippen LogP contribution >= 0.6 is 27.3 Å². The summed E-state index contributed by atoms with van der Waals surface area (Å²) in [5, 5.41) is 1.06. The van der Waals surface area contributed by atoms with E-state index in [4.69, 9.17) is 10.7 Å². The zero-order valence-electron chi connectivity index (χ0n) is 11.5. The van der Waals surface area contributed by atoms with E-state index in [2.05, 4.69) is 54.9 Å². The molecule has 0 saturated carbocycles. The molecule has 2 aromatic rings. The first-order valence-electron chi connectivity index (χ1n) is 6.46. The van der Waals surface area contributed by atoms with Crippen LogP contribution in [0.2, 0.25) is 0 Å². The van der Waals surface area contributed by atoms with E-state index >= 15 is 0 Å². The second-order valence-corrected chi connectivity index (χ2v) is 7.11. The topological polar surface area (TPSA) is 38.9 Å². The highest BCUT2D eigenvalue weighted by atomic mass is 79.9. The Bertz CT molecular complexity index is 576. The van der Waals surface area contributed by atoms with Crippen molar-refractivity contribution in [2.75, 3.05) is 0 Å². The van der Waals surface area contributed by atoms with Gasteiger partial charge >= 0.3 is 0 Å². The Morgan fingerprint density at radius 2 is 2.11 bits per heavy atom. The standard InChI is InChI=1S/C15H19BrN2S/c1-9(2)6-13-14(8-17)19-15(18-13)11-5-4-10(3)7-12(11)16/h4-5,7,9H,6,8,17H2,1-3H3. The second kappa shape index (κ2) is 6.16. The van der Waals surface area contributed by atoms with Gasteiger partial charge in [0.1, 0.15) is 5.01 Å². The summed E-state index contributed by atoms with van der Waals surface area (Å²) in [5.74, 6) is 0.599. The fraction of sp³-hybridized carbons (Fsp3) is 0.400. The maximum atomic E-state index is 5.84. The van der Waals surface area contributed by atoms with Crippen LogP contribution < -0.4 is 5.73 Å². The number of hydrogen-bond donors (Lipinski definition) is 1. The number of thiazole rings is 1. The van der Waals surface area contributed by atoms with Gasteiger partial charge in [0.15, 0.2) is 0 Å². The molecule has 0 bridgehead atoms. The van der Waals surface area contributed by atoms with Crippen LogP contribution in [-0.4, -0.2) is 4.98 Å². The molecule has 0 amide bonds. The third kappa shape index (κ3) is 3.44. The number of nitrogens with two attached hydrogens (primary N) is 1. The fourth-order valence-electron chi connectivity index (χ4n) is 2.00. The summed E-state index contributed by atoms with van der Waals surface area (Å²) in [6.07, 6.45) is 0.993. The first-order chi connectivity index (χ1) is 9.01. The number of aromatic nitrogens is 1. The molecule has 0 aliphatic carbocycles. The van der Waals surface area contributed by atoms with E-state index in [1.54, 1.807) is 11.3 Å². The molecule has 0 unspecified atom stereocenters. The smallest absolute Gasteiger partial charge is 0.125 e. The lowest BCUT2D eigenvalue weighted by Crippen LogP contribution is -2.01. The number of halogens is 1. The minimum atomic E-state index is 0.573. The van der Waals surface area contributed by atoms with Crippen molar-refractivity contribution in [3.8, 4) is 10.6 Å². The first kappa shape index (κ1) is 14.7. The van der Waals surface area contributed by atoms with Gasteiger partial charge < -0.3 is 5.73 Å². The van der Waals surface area contributed by atoms with Crippen molar-refractivity contribution >= 4 is 27.3 Å². The van der Waals surface area contributed by atoms with Gasteiger partial charge in [-0.05, 0) is 30.9 Å². The van der Waals surface area contributed by atoms with Gasteiger partial charge in [-0.1, -0.05) is 41.9 Å². The molecule has 1 heterocycles. The van der Waals surface area contributed by atoms with E-state index in [9.17, 15) is 0 Å². The molecule has 0 aliphatic rings. The highest BCUT2D eigenvalue weighted by Gasteiger charge is 2.14. The van der Waals surface area contributed by atoms with Gasteiger partial charge in [0.2, 0.25) is 0 Å². The van der Waals surface area contributed by atoms with E-state index in [0.717, 1.165) is 27.2 Å². The summed E-state index contributed by atoms with van der Waals surface area (Å²) >= 11 is 5.33. The molecule has 2 N–H and O–H groups in total. The fourth-order valence-corrected chi connectivity index (χ4v) is 3.82. The van der Waals surface area contributed by atoms with Crippen LogP contribution in [0.25, 0.3) is 10.6 Å². The number of aryl methyl sites for hydroxylation is 1. The predicted octanol–water partition coefficient (Wildman–Crippen LogP) is 4.54. The average Bonchev–Trinajstić information content (AvgIpc) is 2.71. The summed E-state index contributed by atoms with van der Waals surface area (Å²) in [4.78, 5) is 6.00. The maximum Gasteiger partial charge on any atom is 0.125 e. The Hall–Kier alpha value is -0.710. The highest BCUT2D eigenvalue weighted by Crippen LogP contribution is 2.34. The lowest BCUT2D eigenvalue weighted by Gasteiger charge is -2.03. The molecule has 102 valence electrons. The number of rotatable bonds is 4. The van der Waals surface area contributed by atoms with Crippen molar-refractivity contribution in [3.05, 3.63) is 38.8 Å². The van der Waals surface area contributed by atoms with Crippen LogP contribution in [0.3, 0.4) is 0 Å². The third-order valence-electron chi connectivity index (χ3n) is 2.92. The van der Waals surface area contributed by atoms with E-state index in [1.165, 1.54) is 10.4 Å². The summed E-state index contributed by atoms with van der Waals surface area (Å²) in [7, 11) is 0. The van der Waals surface area contributed by atoms with Crippen molar-refractivity contribution in [2.45, 2.75) is 33.7 Å². The molecule has 4 heteroatoms. The Balaban J connectivity index is 2.42. The third-order valence-corrected chi connectivity index (χ3v) is 4.73. The molecule has 0 atom stereocenters. The van der Waals surface area contributed by atoms with Crippen LogP contribution in [0.15, 0.2) is 22.7 Å². The van der Waals surface area contributed by atoms with Crippen molar-refractivity contribution < 1.29 is 0 Å². The van der Waals surface area contributed by atoms with E-state index in [0.29, 0.717) is 12.5 Å². The molecular formula is C15H19BrN2S. The molecule has 0 spiro atoms. The maximum absolute atomic E-state index is 5.84. The molecule has 1 aromatic carbocycles. The zero-order valence-corrected chi connectivity index (χ0v) is 13.9. The molecule has 0 saturated heterocycles. The van der Waals surface area contributed by atoms with Gasteiger partial charge in [-0.3, -0.25) is 0 Å². The van der Waals surface area contributed by atoms with Gasteiger partial charge in [-0.25, -0.2) is 4.98 Å². The number of benzene rings is 1. The van der Waals surface area contributed by atoms with Gasteiger partial charge in [-0.15, -0.1) is 11.3 Å². The van der Waals surface area contributed by atoms with Crippen LogP contribution in [0.1, 0.15) is 30.0 Å². The lowest BCUT2D eigenvalue weighted by atomic mass is 10.1. The molecule has 19 heavy (non-hydrogen) atoms. The van der Waals surface area contributed by atoms with Crippen LogP contribution in [0.5, 0.6) is 0 Å². The lowest BCUT2D eigenvalue weighted by molar-refractivity contribution is 0.634. The normalized spacial score (nSPS) is 11.3. The molecule has 0 radical (unpaired) electrons. The Kier molecular flexibility index (Phi) is 4.76. The Morgan fingerprint density at radius 3 is 2.68 bits per heavy atom. The molecule has 0 fully saturated rings. The molecule has 1 aromatic heterocycles. The van der Waals surface area contributed by atoms with E-state index in [-0.39, 0.29) is 0 Å². The van der Waals surface area contributed by atoms with E-state index in [1.807, 2.05) is 0 Å². The largest absolute Gasteiger partial charge is 0.326 e. The highest BCUT2D eigenvalue weighted by molar-refractivity contribution is 9.10. The average molecular weight is 339 g/mol. The Labute approximate surface area is 127 Å². The second-order valence-electron chi connectivity index (χ2n) is 5.17. The summed E-state index contributed by atoms with van der Waals surface area (Å²) < 4.78 is 1.10. The summed E-state index contributed by atoms with van der Waals surface area (Å²) in [6.45, 7) is 7.08. The molecule has 0 aliphatic heterocycles. The van der Waals surface area contributed by atoms with Crippen molar-refractivity contribution in [1.29, 1.82) is 0 Å². The number of nitrogens with zero attached hydrogens (tertiary/aromatic N) is 1. The van der Waals surface area contributed by atoms with Crippen LogP contribution in [-0.2, 0) is 13.0 Å². The van der Waals surface area contributed by atoms with Gasteiger partial charge in [0, 0.05) is 21.5 Å². The minimum Gasteiger partial charge on any atom is -0.326 e. The minimum absolute atomic E-state index is 0.573. The van der Waals surface area contributed by atoms with Gasteiger partial charge in [0.05, 0.1) is 5.69 Å². The Morgan fingerprint density at radius 1 is 1.37 bits per heavy atom. The van der Waals surface area contributed by atoms with Crippen molar-refractivity contribution in [2.24, 2.45) is 11.7 Å². The molecular weight excluding hydrogens is 320 g/mol. The first-order valence-corrected chi connectivity index (χ1v) is 8.07.